The summed E-state index contributed by atoms with van der Waals surface area (Å²) in [7, 11) is 0. The number of amides is 1. The molecule has 82 valence electrons. The molecule has 1 rings (SSSR count). The molecule has 2 nitrogen and oxygen atoms in total. The van der Waals surface area contributed by atoms with Crippen LogP contribution in [0.4, 0.5) is 0 Å². The van der Waals surface area contributed by atoms with Gasteiger partial charge in [0.25, 0.3) is 0 Å². The van der Waals surface area contributed by atoms with Gasteiger partial charge in [-0.1, -0.05) is 37.6 Å². The predicted molar refractivity (Wildman–Crippen MR) is 62.8 cm³/mol. The summed E-state index contributed by atoms with van der Waals surface area (Å²) in [6.45, 7) is 4.63. The first kappa shape index (κ1) is 12.1. The molecule has 0 aliphatic heterocycles. The maximum atomic E-state index is 11.4. The van der Waals surface area contributed by atoms with Crippen molar-refractivity contribution in [3.8, 4) is 0 Å². The van der Waals surface area contributed by atoms with Crippen LogP contribution in [0.1, 0.15) is 25.8 Å². The Kier molecular flexibility index (Phi) is 4.63. The van der Waals surface area contributed by atoms with Crippen LogP contribution < -0.4 is 5.32 Å². The van der Waals surface area contributed by atoms with Crippen molar-refractivity contribution in [2.24, 2.45) is 5.92 Å². The summed E-state index contributed by atoms with van der Waals surface area (Å²) in [4.78, 5) is 11.4. The van der Waals surface area contributed by atoms with Crippen molar-refractivity contribution in [1.29, 1.82) is 0 Å². The van der Waals surface area contributed by atoms with E-state index in [4.69, 9.17) is 11.6 Å². The van der Waals surface area contributed by atoms with Crippen molar-refractivity contribution in [3.63, 3.8) is 0 Å². The smallest absolute Gasteiger partial charge is 0.220 e. The summed E-state index contributed by atoms with van der Waals surface area (Å²) in [5.74, 6) is 0.496. The van der Waals surface area contributed by atoms with Gasteiger partial charge in [0.15, 0.2) is 0 Å². The molecule has 1 amide bonds. The van der Waals surface area contributed by atoms with Crippen molar-refractivity contribution in [2.45, 2.75) is 26.8 Å². The van der Waals surface area contributed by atoms with Gasteiger partial charge in [0.1, 0.15) is 0 Å². The summed E-state index contributed by atoms with van der Waals surface area (Å²) in [6, 6.07) is 7.48. The number of hydrogen-bond acceptors (Lipinski definition) is 1. The molecular weight excluding hydrogens is 210 g/mol. The van der Waals surface area contributed by atoms with Gasteiger partial charge in [-0.15, -0.1) is 0 Å². The highest BCUT2D eigenvalue weighted by atomic mass is 35.5. The van der Waals surface area contributed by atoms with Crippen LogP contribution in [0.2, 0.25) is 5.02 Å². The largest absolute Gasteiger partial charge is 0.352 e. The minimum absolute atomic E-state index is 0.0972. The first-order chi connectivity index (χ1) is 7.08. The van der Waals surface area contributed by atoms with E-state index in [-0.39, 0.29) is 5.91 Å². The van der Waals surface area contributed by atoms with E-state index in [1.54, 1.807) is 0 Å². The molecule has 0 atom stereocenters. The van der Waals surface area contributed by atoms with Gasteiger partial charge in [-0.2, -0.15) is 0 Å². The second-order valence-corrected chi connectivity index (χ2v) is 4.44. The maximum Gasteiger partial charge on any atom is 0.220 e. The normalized spacial score (nSPS) is 10.4. The molecule has 0 aliphatic carbocycles. The van der Waals surface area contributed by atoms with Crippen LogP contribution in [0.5, 0.6) is 0 Å². The van der Waals surface area contributed by atoms with Gasteiger partial charge < -0.3 is 5.32 Å². The van der Waals surface area contributed by atoms with E-state index in [0.717, 1.165) is 5.56 Å². The molecule has 0 spiro atoms. The van der Waals surface area contributed by atoms with Gasteiger partial charge >= 0.3 is 0 Å². The van der Waals surface area contributed by atoms with Crippen LogP contribution in [-0.2, 0) is 11.3 Å². The summed E-state index contributed by atoms with van der Waals surface area (Å²) in [5.41, 5.74) is 1.07. The first-order valence-electron chi connectivity index (χ1n) is 5.09. The third-order valence-electron chi connectivity index (χ3n) is 2.00. The van der Waals surface area contributed by atoms with Crippen LogP contribution >= 0.6 is 11.6 Å². The molecule has 0 aromatic heterocycles. The fraction of sp³-hybridized carbons (Fsp3) is 0.417. The lowest BCUT2D eigenvalue weighted by Gasteiger charge is -2.07. The Labute approximate surface area is 95.6 Å². The molecule has 0 heterocycles. The zero-order valence-electron chi connectivity index (χ0n) is 9.09. The molecule has 0 bridgehead atoms. The lowest BCUT2D eigenvalue weighted by Crippen LogP contribution is -2.23. The number of carbonyl (C=O) groups is 1. The fourth-order valence-corrected chi connectivity index (χ4v) is 1.37. The minimum atomic E-state index is 0.0972. The Morgan fingerprint density at radius 2 is 1.93 bits per heavy atom. The Bertz CT molecular complexity index is 319. The van der Waals surface area contributed by atoms with E-state index in [9.17, 15) is 4.79 Å². The maximum absolute atomic E-state index is 11.4. The molecule has 1 N–H and O–H groups in total. The van der Waals surface area contributed by atoms with Gasteiger partial charge in [-0.05, 0) is 23.6 Å². The number of halogens is 1. The molecule has 15 heavy (non-hydrogen) atoms. The number of carbonyl (C=O) groups excluding carboxylic acids is 1. The van der Waals surface area contributed by atoms with Crippen LogP contribution in [0, 0.1) is 5.92 Å². The Morgan fingerprint density at radius 3 is 2.47 bits per heavy atom. The summed E-state index contributed by atoms with van der Waals surface area (Å²) in [6.07, 6.45) is 0.577. The predicted octanol–water partition coefficient (Wildman–Crippen LogP) is 3.00. The standard InChI is InChI=1S/C12H16ClNO/c1-9(2)7-12(15)14-8-10-3-5-11(13)6-4-10/h3-6,9H,7-8H2,1-2H3,(H,14,15). The Hall–Kier alpha value is -1.02. The van der Waals surface area contributed by atoms with E-state index in [0.29, 0.717) is 23.9 Å². The quantitative estimate of drug-likeness (QED) is 0.839. The average molecular weight is 226 g/mol. The van der Waals surface area contributed by atoms with E-state index in [1.807, 2.05) is 38.1 Å². The van der Waals surface area contributed by atoms with Gasteiger partial charge in [0.2, 0.25) is 5.91 Å². The fourth-order valence-electron chi connectivity index (χ4n) is 1.25. The molecule has 0 aliphatic rings. The van der Waals surface area contributed by atoms with Gasteiger partial charge in [0.05, 0.1) is 0 Å². The second kappa shape index (κ2) is 5.76. The second-order valence-electron chi connectivity index (χ2n) is 4.00. The first-order valence-corrected chi connectivity index (χ1v) is 5.47. The Balaban J connectivity index is 2.37. The van der Waals surface area contributed by atoms with Gasteiger partial charge in [0, 0.05) is 18.0 Å². The van der Waals surface area contributed by atoms with Crippen molar-refractivity contribution >= 4 is 17.5 Å². The van der Waals surface area contributed by atoms with E-state index in [1.165, 1.54) is 0 Å². The zero-order valence-corrected chi connectivity index (χ0v) is 9.84. The average Bonchev–Trinajstić information content (AvgIpc) is 2.16. The molecule has 0 saturated heterocycles. The van der Waals surface area contributed by atoms with Crippen molar-refractivity contribution in [2.75, 3.05) is 0 Å². The molecule has 0 fully saturated rings. The SMILES string of the molecule is CC(C)CC(=O)NCc1ccc(Cl)cc1. The van der Waals surface area contributed by atoms with E-state index >= 15 is 0 Å². The molecule has 1 aromatic carbocycles. The van der Waals surface area contributed by atoms with Crippen LogP contribution in [0.25, 0.3) is 0 Å². The van der Waals surface area contributed by atoms with E-state index in [2.05, 4.69) is 5.32 Å². The molecule has 1 aromatic rings. The number of hydrogen-bond donors (Lipinski definition) is 1. The highest BCUT2D eigenvalue weighted by molar-refractivity contribution is 6.30. The molecular formula is C12H16ClNO. The van der Waals surface area contributed by atoms with Crippen molar-refractivity contribution in [3.05, 3.63) is 34.9 Å². The number of nitrogens with one attached hydrogen (secondary N) is 1. The van der Waals surface area contributed by atoms with Gasteiger partial charge in [-0.3, -0.25) is 4.79 Å². The highest BCUT2D eigenvalue weighted by Crippen LogP contribution is 2.09. The summed E-state index contributed by atoms with van der Waals surface area (Å²) in [5, 5.41) is 3.58. The van der Waals surface area contributed by atoms with Crippen molar-refractivity contribution in [1.82, 2.24) is 5.32 Å². The molecule has 0 unspecified atom stereocenters. The van der Waals surface area contributed by atoms with E-state index < -0.39 is 0 Å². The van der Waals surface area contributed by atoms with Crippen LogP contribution in [0.3, 0.4) is 0 Å². The molecule has 3 heteroatoms. The number of benzene rings is 1. The van der Waals surface area contributed by atoms with Crippen molar-refractivity contribution < 1.29 is 4.79 Å². The summed E-state index contributed by atoms with van der Waals surface area (Å²) < 4.78 is 0. The topological polar surface area (TPSA) is 29.1 Å². The molecule has 0 radical (unpaired) electrons. The molecule has 0 saturated carbocycles. The highest BCUT2D eigenvalue weighted by Gasteiger charge is 2.03. The van der Waals surface area contributed by atoms with Gasteiger partial charge in [-0.25, -0.2) is 0 Å². The lowest BCUT2D eigenvalue weighted by atomic mass is 10.1. The third-order valence-corrected chi connectivity index (χ3v) is 2.25. The Morgan fingerprint density at radius 1 is 1.33 bits per heavy atom. The lowest BCUT2D eigenvalue weighted by molar-refractivity contribution is -0.121. The van der Waals surface area contributed by atoms with Crippen LogP contribution in [0.15, 0.2) is 24.3 Å². The monoisotopic (exact) mass is 225 g/mol. The zero-order chi connectivity index (χ0) is 11.3. The van der Waals surface area contributed by atoms with Crippen LogP contribution in [-0.4, -0.2) is 5.91 Å². The minimum Gasteiger partial charge on any atom is -0.352 e. The third kappa shape index (κ3) is 4.84. The number of rotatable bonds is 4. The summed E-state index contributed by atoms with van der Waals surface area (Å²) >= 11 is 5.76.